The van der Waals surface area contributed by atoms with Crippen LogP contribution in [0.1, 0.15) is 6.42 Å². The van der Waals surface area contributed by atoms with Crippen LogP contribution in [0, 0.1) is 0 Å². The Kier molecular flexibility index (Phi) is 11.9. The lowest BCUT2D eigenvalue weighted by molar-refractivity contribution is -0.147. The minimum atomic E-state index is -1.63. The van der Waals surface area contributed by atoms with E-state index in [1.165, 1.54) is 0 Å². The van der Waals surface area contributed by atoms with E-state index in [9.17, 15) is 9.18 Å². The third-order valence-corrected chi connectivity index (χ3v) is 1.68. The Hall–Kier alpha value is -0.360. The summed E-state index contributed by atoms with van der Waals surface area (Å²) in [5, 5.41) is 0. The number of hydrogen-bond donors (Lipinski definition) is 2. The first-order valence-electron chi connectivity index (χ1n) is 3.80. The number of alkyl halides is 1. The van der Waals surface area contributed by atoms with E-state index >= 15 is 0 Å². The fraction of sp³-hybridized carbons (Fsp3) is 0.625. The molecule has 0 spiro atoms. The van der Waals surface area contributed by atoms with E-state index in [-0.39, 0.29) is 37.8 Å². The number of carbonyl (C=O) groups excluding carboxylic acids is 1. The van der Waals surface area contributed by atoms with Crippen molar-refractivity contribution in [3.8, 4) is 0 Å². The molecule has 0 amide bonds. The van der Waals surface area contributed by atoms with Crippen molar-refractivity contribution >= 4 is 30.8 Å². The molecule has 0 rings (SSSR count). The first kappa shape index (κ1) is 20.1. The van der Waals surface area contributed by atoms with Gasteiger partial charge in [-0.15, -0.1) is 24.8 Å². The molecule has 0 aromatic carbocycles. The van der Waals surface area contributed by atoms with Crippen molar-refractivity contribution in [2.24, 2.45) is 11.5 Å². The molecule has 1 unspecified atom stereocenters. The van der Waals surface area contributed by atoms with Gasteiger partial charge in [0.15, 0.2) is 0 Å². The molecule has 0 heterocycles. The molecule has 0 fully saturated rings. The molecule has 1 atom stereocenters. The Bertz CT molecular complexity index is 217. The predicted molar refractivity (Wildman–Crippen MR) is 62.2 cm³/mol. The molecule has 0 aromatic rings. The van der Waals surface area contributed by atoms with E-state index in [4.69, 9.17) is 11.5 Å². The van der Waals surface area contributed by atoms with Crippen molar-refractivity contribution in [2.75, 3.05) is 20.3 Å². The maximum atomic E-state index is 12.5. The lowest BCUT2D eigenvalue weighted by atomic mass is 9.94. The van der Waals surface area contributed by atoms with Crippen LogP contribution in [0.5, 0.6) is 0 Å². The molecule has 4 N–H and O–H groups in total. The van der Waals surface area contributed by atoms with Crippen molar-refractivity contribution < 1.29 is 13.9 Å². The topological polar surface area (TPSA) is 78.3 Å². The quantitative estimate of drug-likeness (QED) is 0.561. The van der Waals surface area contributed by atoms with E-state index in [1.54, 1.807) is 0 Å². The zero-order valence-electron chi connectivity index (χ0n) is 8.49. The van der Waals surface area contributed by atoms with E-state index < -0.39 is 18.2 Å². The lowest BCUT2D eigenvalue weighted by Crippen LogP contribution is -2.51. The highest BCUT2D eigenvalue weighted by atomic mass is 35.5. The predicted octanol–water partition coefficient (Wildman–Crippen LogP) is 0.575. The average molecular weight is 263 g/mol. The van der Waals surface area contributed by atoms with Gasteiger partial charge in [-0.3, -0.25) is 0 Å². The maximum absolute atomic E-state index is 12.5. The summed E-state index contributed by atoms with van der Waals surface area (Å²) in [4.78, 5) is 11.0. The maximum Gasteiger partial charge on any atom is 0.328 e. The van der Waals surface area contributed by atoms with Crippen molar-refractivity contribution in [1.29, 1.82) is 0 Å². The normalized spacial score (nSPS) is 12.8. The molecular weight excluding hydrogens is 246 g/mol. The number of methoxy groups -OCH3 is 1. The monoisotopic (exact) mass is 262 g/mol. The van der Waals surface area contributed by atoms with E-state index in [0.29, 0.717) is 5.57 Å². The van der Waals surface area contributed by atoms with Gasteiger partial charge in [-0.1, -0.05) is 12.2 Å². The van der Waals surface area contributed by atoms with E-state index in [0.717, 1.165) is 7.11 Å². The van der Waals surface area contributed by atoms with Crippen molar-refractivity contribution in [3.05, 3.63) is 12.2 Å². The number of ether oxygens (including phenoxy) is 1. The molecule has 0 saturated carbocycles. The van der Waals surface area contributed by atoms with Gasteiger partial charge in [-0.25, -0.2) is 9.18 Å². The molecule has 0 bridgehead atoms. The second-order valence-corrected chi connectivity index (χ2v) is 2.91. The first-order chi connectivity index (χ1) is 6.00. The fourth-order valence-electron chi connectivity index (χ4n) is 0.896. The third kappa shape index (κ3) is 5.94. The molecule has 0 aliphatic rings. The Morgan fingerprint density at radius 1 is 1.53 bits per heavy atom. The number of nitrogens with two attached hydrogens (primary N) is 2. The van der Waals surface area contributed by atoms with Crippen LogP contribution in [0.3, 0.4) is 0 Å². The molecule has 7 heteroatoms. The third-order valence-electron chi connectivity index (χ3n) is 1.68. The Morgan fingerprint density at radius 2 is 2.00 bits per heavy atom. The summed E-state index contributed by atoms with van der Waals surface area (Å²) < 4.78 is 16.8. The van der Waals surface area contributed by atoms with Gasteiger partial charge in [-0.05, 0) is 0 Å². The van der Waals surface area contributed by atoms with Crippen molar-refractivity contribution in [3.63, 3.8) is 0 Å². The van der Waals surface area contributed by atoms with E-state index in [1.807, 2.05) is 0 Å². The number of halogens is 3. The molecule has 0 radical (unpaired) electrons. The van der Waals surface area contributed by atoms with Gasteiger partial charge in [0, 0.05) is 13.0 Å². The second-order valence-electron chi connectivity index (χ2n) is 2.91. The Morgan fingerprint density at radius 3 is 2.27 bits per heavy atom. The first-order valence-corrected chi connectivity index (χ1v) is 3.80. The van der Waals surface area contributed by atoms with Gasteiger partial charge in [0.2, 0.25) is 0 Å². The van der Waals surface area contributed by atoms with Crippen LogP contribution in [0.25, 0.3) is 0 Å². The highest BCUT2D eigenvalue weighted by Crippen LogP contribution is 2.14. The number of hydrogen-bond acceptors (Lipinski definition) is 4. The summed E-state index contributed by atoms with van der Waals surface area (Å²) >= 11 is 0. The highest BCUT2D eigenvalue weighted by Gasteiger charge is 2.35. The number of esters is 1. The SMILES string of the molecule is C=C(CN)CC(N)(CF)C(=O)OC.Cl.Cl. The molecule has 92 valence electrons. The van der Waals surface area contributed by atoms with E-state index in [2.05, 4.69) is 11.3 Å². The Labute approximate surface area is 101 Å². The zero-order valence-corrected chi connectivity index (χ0v) is 10.1. The molecule has 4 nitrogen and oxygen atoms in total. The Balaban J connectivity index is -0.000000720. The molecular formula is C8H17Cl2FN2O2. The highest BCUT2D eigenvalue weighted by molar-refractivity contribution is 5.85. The lowest BCUT2D eigenvalue weighted by Gasteiger charge is -2.23. The minimum absolute atomic E-state index is 0. The minimum Gasteiger partial charge on any atom is -0.468 e. The van der Waals surface area contributed by atoms with Gasteiger partial charge in [0.1, 0.15) is 12.2 Å². The van der Waals surface area contributed by atoms with Crippen LogP contribution in [0.2, 0.25) is 0 Å². The summed E-state index contributed by atoms with van der Waals surface area (Å²) in [7, 11) is 1.16. The molecule has 0 aliphatic heterocycles. The fourth-order valence-corrected chi connectivity index (χ4v) is 0.896. The summed E-state index contributed by atoms with van der Waals surface area (Å²) in [6.45, 7) is 2.73. The molecule has 0 aliphatic carbocycles. The van der Waals surface area contributed by atoms with Crippen LogP contribution in [0.15, 0.2) is 12.2 Å². The largest absolute Gasteiger partial charge is 0.468 e. The van der Waals surface area contributed by atoms with Gasteiger partial charge in [0.25, 0.3) is 0 Å². The second kappa shape index (κ2) is 8.91. The average Bonchev–Trinajstić information content (AvgIpc) is 2.15. The van der Waals surface area contributed by atoms with Gasteiger partial charge < -0.3 is 16.2 Å². The van der Waals surface area contributed by atoms with Crippen molar-refractivity contribution in [2.45, 2.75) is 12.0 Å². The van der Waals surface area contributed by atoms with Crippen LogP contribution >= 0.6 is 24.8 Å². The van der Waals surface area contributed by atoms with Crippen molar-refractivity contribution in [1.82, 2.24) is 0 Å². The summed E-state index contributed by atoms with van der Waals surface area (Å²) in [5.74, 6) is -0.787. The summed E-state index contributed by atoms with van der Waals surface area (Å²) in [6, 6.07) is 0. The van der Waals surface area contributed by atoms with Crippen LogP contribution in [-0.4, -0.2) is 31.8 Å². The van der Waals surface area contributed by atoms with Crippen LogP contribution in [0.4, 0.5) is 4.39 Å². The van der Waals surface area contributed by atoms with Gasteiger partial charge in [0.05, 0.1) is 7.11 Å². The standard InChI is InChI=1S/C8H15FN2O2.2ClH/c1-6(4-10)3-8(11,5-9)7(12)13-2;;/h1,3-5,10-11H2,2H3;2*1H. The summed E-state index contributed by atoms with van der Waals surface area (Å²) in [6.07, 6.45) is 0.00662. The van der Waals surface area contributed by atoms with Crippen LogP contribution in [-0.2, 0) is 9.53 Å². The summed E-state index contributed by atoms with van der Waals surface area (Å²) in [5.41, 5.74) is 9.59. The van der Waals surface area contributed by atoms with Gasteiger partial charge >= 0.3 is 5.97 Å². The zero-order chi connectivity index (χ0) is 10.5. The number of carbonyl (C=O) groups is 1. The van der Waals surface area contributed by atoms with Gasteiger partial charge in [-0.2, -0.15) is 0 Å². The molecule has 0 aromatic heterocycles. The molecule has 15 heavy (non-hydrogen) atoms. The van der Waals surface area contributed by atoms with Crippen LogP contribution < -0.4 is 11.5 Å². The number of rotatable bonds is 5. The smallest absolute Gasteiger partial charge is 0.328 e. The molecule has 0 saturated heterocycles.